The third-order valence-electron chi connectivity index (χ3n) is 2.46. The Morgan fingerprint density at radius 1 is 1.58 bits per heavy atom. The summed E-state index contributed by atoms with van der Waals surface area (Å²) in [4.78, 5) is 28.8. The highest BCUT2D eigenvalue weighted by molar-refractivity contribution is 5.76. The van der Waals surface area contributed by atoms with Gasteiger partial charge in [-0.2, -0.15) is 0 Å². The zero-order valence-electron chi connectivity index (χ0n) is 11.0. The normalized spacial score (nSPS) is 12.2. The van der Waals surface area contributed by atoms with E-state index in [9.17, 15) is 14.9 Å². The highest BCUT2D eigenvalue weighted by Crippen LogP contribution is 2.16. The third-order valence-corrected chi connectivity index (χ3v) is 2.46. The summed E-state index contributed by atoms with van der Waals surface area (Å²) in [7, 11) is 0. The standard InChI is InChI=1S/C11H16N4O4/c1-6(2)4-8(10(16)17)14-11-12-5-9(15(18)19)7(3)13-11/h5-6,8H,4H2,1-3H3,(H,16,17)(H,12,13,14). The summed E-state index contributed by atoms with van der Waals surface area (Å²) in [5.41, 5.74) is -0.00234. The number of hydrogen-bond acceptors (Lipinski definition) is 6. The lowest BCUT2D eigenvalue weighted by Crippen LogP contribution is -2.31. The van der Waals surface area contributed by atoms with Gasteiger partial charge in [-0.15, -0.1) is 0 Å². The minimum absolute atomic E-state index is 0.0798. The van der Waals surface area contributed by atoms with Crippen LogP contribution in [-0.4, -0.2) is 32.0 Å². The molecule has 104 valence electrons. The zero-order chi connectivity index (χ0) is 14.6. The molecular weight excluding hydrogens is 252 g/mol. The number of rotatable bonds is 6. The first-order valence-electron chi connectivity index (χ1n) is 5.78. The van der Waals surface area contributed by atoms with E-state index in [1.807, 2.05) is 13.8 Å². The largest absolute Gasteiger partial charge is 0.480 e. The van der Waals surface area contributed by atoms with E-state index in [1.54, 1.807) is 0 Å². The second-order valence-corrected chi connectivity index (χ2v) is 4.59. The molecule has 0 radical (unpaired) electrons. The Morgan fingerprint density at radius 2 is 2.21 bits per heavy atom. The maximum absolute atomic E-state index is 11.1. The Balaban J connectivity index is 2.88. The van der Waals surface area contributed by atoms with Gasteiger partial charge in [-0.1, -0.05) is 13.8 Å². The quantitative estimate of drug-likeness (QED) is 0.594. The van der Waals surface area contributed by atoms with Gasteiger partial charge in [0.15, 0.2) is 0 Å². The summed E-state index contributed by atoms with van der Waals surface area (Å²) in [6.07, 6.45) is 1.48. The first kappa shape index (κ1) is 14.8. The topological polar surface area (TPSA) is 118 Å². The predicted molar refractivity (Wildman–Crippen MR) is 67.9 cm³/mol. The Hall–Kier alpha value is -2.25. The highest BCUT2D eigenvalue weighted by atomic mass is 16.6. The van der Waals surface area contributed by atoms with E-state index < -0.39 is 16.9 Å². The minimum Gasteiger partial charge on any atom is -0.480 e. The van der Waals surface area contributed by atoms with Crippen LogP contribution in [0.15, 0.2) is 6.20 Å². The fraction of sp³-hybridized carbons (Fsp3) is 0.545. The molecule has 0 saturated carbocycles. The van der Waals surface area contributed by atoms with Crippen molar-refractivity contribution in [1.29, 1.82) is 0 Å². The van der Waals surface area contributed by atoms with E-state index >= 15 is 0 Å². The summed E-state index contributed by atoms with van der Waals surface area (Å²) in [6.45, 7) is 5.28. The van der Waals surface area contributed by atoms with Crippen LogP contribution in [0.1, 0.15) is 26.0 Å². The maximum Gasteiger partial charge on any atom is 0.326 e. The molecule has 0 amide bonds. The molecule has 0 aliphatic carbocycles. The van der Waals surface area contributed by atoms with E-state index in [1.165, 1.54) is 6.92 Å². The molecule has 1 aromatic rings. The molecule has 1 aromatic heterocycles. The van der Waals surface area contributed by atoms with Crippen LogP contribution >= 0.6 is 0 Å². The number of nitrogens with one attached hydrogen (secondary N) is 1. The van der Waals surface area contributed by atoms with Crippen LogP contribution in [0.4, 0.5) is 11.6 Å². The Kier molecular flexibility index (Phi) is 4.74. The van der Waals surface area contributed by atoms with Gasteiger partial charge in [-0.25, -0.2) is 14.8 Å². The van der Waals surface area contributed by atoms with Gasteiger partial charge in [0, 0.05) is 0 Å². The summed E-state index contributed by atoms with van der Waals surface area (Å²) in [6, 6.07) is -0.819. The van der Waals surface area contributed by atoms with Gasteiger partial charge in [0.1, 0.15) is 17.9 Å². The van der Waals surface area contributed by atoms with Crippen LogP contribution in [0.25, 0.3) is 0 Å². The van der Waals surface area contributed by atoms with Crippen molar-refractivity contribution in [3.05, 3.63) is 22.0 Å². The highest BCUT2D eigenvalue weighted by Gasteiger charge is 2.21. The fourth-order valence-electron chi connectivity index (χ4n) is 1.56. The second-order valence-electron chi connectivity index (χ2n) is 4.59. The van der Waals surface area contributed by atoms with Crippen molar-refractivity contribution in [2.24, 2.45) is 5.92 Å². The Labute approximate surface area is 110 Å². The summed E-state index contributed by atoms with van der Waals surface area (Å²) >= 11 is 0. The van der Waals surface area contributed by atoms with Crippen LogP contribution in [0.5, 0.6) is 0 Å². The number of carbonyl (C=O) groups is 1. The van der Waals surface area contributed by atoms with Crippen molar-refractivity contribution in [3.8, 4) is 0 Å². The molecule has 0 fully saturated rings. The molecule has 0 spiro atoms. The number of aromatic nitrogens is 2. The molecule has 0 saturated heterocycles. The molecule has 0 aliphatic rings. The van der Waals surface area contributed by atoms with Crippen LogP contribution < -0.4 is 5.32 Å². The number of hydrogen-bond donors (Lipinski definition) is 2. The molecule has 0 aliphatic heterocycles. The molecule has 0 bridgehead atoms. The van der Waals surface area contributed by atoms with Crippen LogP contribution in [0.3, 0.4) is 0 Å². The molecule has 1 unspecified atom stereocenters. The first-order valence-corrected chi connectivity index (χ1v) is 5.78. The number of nitrogens with zero attached hydrogens (tertiary/aromatic N) is 3. The summed E-state index contributed by atoms with van der Waals surface area (Å²) < 4.78 is 0. The van der Waals surface area contributed by atoms with Gasteiger partial charge in [0.2, 0.25) is 5.95 Å². The Bertz CT molecular complexity index is 490. The lowest BCUT2D eigenvalue weighted by Gasteiger charge is -2.16. The second kappa shape index (κ2) is 6.07. The van der Waals surface area contributed by atoms with E-state index in [-0.39, 0.29) is 23.2 Å². The van der Waals surface area contributed by atoms with Gasteiger partial charge in [0.05, 0.1) is 4.92 Å². The smallest absolute Gasteiger partial charge is 0.326 e. The van der Waals surface area contributed by atoms with Gasteiger partial charge in [0.25, 0.3) is 0 Å². The first-order chi connectivity index (χ1) is 8.81. The SMILES string of the molecule is Cc1nc(NC(CC(C)C)C(=O)O)ncc1[N+](=O)[O-]. The van der Waals surface area contributed by atoms with Crippen LogP contribution in [-0.2, 0) is 4.79 Å². The average molecular weight is 268 g/mol. The fourth-order valence-corrected chi connectivity index (χ4v) is 1.56. The lowest BCUT2D eigenvalue weighted by atomic mass is 10.0. The number of carboxylic acid groups (broad SMARTS) is 1. The number of nitro groups is 1. The molecule has 19 heavy (non-hydrogen) atoms. The van der Waals surface area contributed by atoms with Gasteiger partial charge in [-0.3, -0.25) is 10.1 Å². The zero-order valence-corrected chi connectivity index (χ0v) is 11.0. The number of carboxylic acids is 1. The molecule has 8 heteroatoms. The van der Waals surface area contributed by atoms with Crippen molar-refractivity contribution in [2.45, 2.75) is 33.2 Å². The monoisotopic (exact) mass is 268 g/mol. The molecule has 8 nitrogen and oxygen atoms in total. The molecule has 0 aromatic carbocycles. The Morgan fingerprint density at radius 3 is 2.63 bits per heavy atom. The minimum atomic E-state index is -1.01. The van der Waals surface area contributed by atoms with Gasteiger partial charge >= 0.3 is 11.7 Å². The van der Waals surface area contributed by atoms with Crippen molar-refractivity contribution in [1.82, 2.24) is 9.97 Å². The number of aliphatic carboxylic acids is 1. The molecule has 1 atom stereocenters. The number of anilines is 1. The van der Waals surface area contributed by atoms with Gasteiger partial charge < -0.3 is 10.4 Å². The summed E-state index contributed by atoms with van der Waals surface area (Å²) in [5.74, 6) is -0.739. The van der Waals surface area contributed by atoms with E-state index in [0.29, 0.717) is 6.42 Å². The van der Waals surface area contributed by atoms with Crippen molar-refractivity contribution < 1.29 is 14.8 Å². The van der Waals surface area contributed by atoms with E-state index in [2.05, 4.69) is 15.3 Å². The van der Waals surface area contributed by atoms with E-state index in [4.69, 9.17) is 5.11 Å². The van der Waals surface area contributed by atoms with Crippen molar-refractivity contribution in [3.63, 3.8) is 0 Å². The number of aryl methyl sites for hydroxylation is 1. The van der Waals surface area contributed by atoms with Crippen molar-refractivity contribution >= 4 is 17.6 Å². The predicted octanol–water partition coefficient (Wildman–Crippen LogP) is 1.60. The average Bonchev–Trinajstić information content (AvgIpc) is 2.26. The molecule has 1 rings (SSSR count). The molecular formula is C11H16N4O4. The van der Waals surface area contributed by atoms with Crippen LogP contribution in [0, 0.1) is 23.0 Å². The molecule has 1 heterocycles. The lowest BCUT2D eigenvalue weighted by molar-refractivity contribution is -0.386. The van der Waals surface area contributed by atoms with Crippen LogP contribution in [0.2, 0.25) is 0 Å². The van der Waals surface area contributed by atoms with E-state index in [0.717, 1.165) is 6.20 Å². The van der Waals surface area contributed by atoms with Gasteiger partial charge in [-0.05, 0) is 19.3 Å². The molecule has 2 N–H and O–H groups in total. The van der Waals surface area contributed by atoms with Crippen molar-refractivity contribution in [2.75, 3.05) is 5.32 Å². The maximum atomic E-state index is 11.1. The third kappa shape index (κ3) is 4.16. The summed E-state index contributed by atoms with van der Waals surface area (Å²) in [5, 5.41) is 22.4.